The minimum Gasteiger partial charge on any atom is -0.484 e. The first-order valence-electron chi connectivity index (χ1n) is 16.2. The van der Waals surface area contributed by atoms with Crippen LogP contribution in [0.2, 0.25) is 0 Å². The van der Waals surface area contributed by atoms with Gasteiger partial charge in [-0.25, -0.2) is 13.4 Å². The predicted octanol–water partition coefficient (Wildman–Crippen LogP) is 7.11. The first kappa shape index (κ1) is 37.5. The Kier molecular flexibility index (Phi) is 10.3. The van der Waals surface area contributed by atoms with Gasteiger partial charge in [-0.1, -0.05) is 12.1 Å². The molecule has 53 heavy (non-hydrogen) atoms. The lowest BCUT2D eigenvalue weighted by Gasteiger charge is -2.34. The number of alkyl halides is 6. The SMILES string of the molecule is CN(c1ccc(Oc2ccc3c(c2)cc(C(=O)N2CCN(Cc4ccc(OCC(F)(F)F)cc4)CC2)n3C)nc1)S(=O)(=O)c1ccc(C(F)(F)F)cc1. The summed E-state index contributed by atoms with van der Waals surface area (Å²) >= 11 is 0. The quantitative estimate of drug-likeness (QED) is 0.140. The number of nitrogens with zero attached hydrogens (tertiary/aromatic N) is 5. The van der Waals surface area contributed by atoms with Gasteiger partial charge >= 0.3 is 12.4 Å². The Morgan fingerprint density at radius 3 is 2.11 bits per heavy atom. The number of anilines is 1. The van der Waals surface area contributed by atoms with Gasteiger partial charge in [0.1, 0.15) is 17.2 Å². The lowest BCUT2D eigenvalue weighted by atomic mass is 10.2. The third kappa shape index (κ3) is 8.68. The Hall–Kier alpha value is -5.29. The van der Waals surface area contributed by atoms with Crippen LogP contribution < -0.4 is 13.8 Å². The molecule has 1 aliphatic rings. The van der Waals surface area contributed by atoms with E-state index in [2.05, 4.69) is 9.88 Å². The van der Waals surface area contributed by atoms with Crippen LogP contribution in [-0.4, -0.2) is 79.7 Å². The summed E-state index contributed by atoms with van der Waals surface area (Å²) in [6, 6.07) is 19.6. The molecule has 10 nitrogen and oxygen atoms in total. The maximum Gasteiger partial charge on any atom is 0.422 e. The number of carbonyl (C=O) groups is 1. The molecule has 280 valence electrons. The Balaban J connectivity index is 1.05. The number of aryl methyl sites for hydroxylation is 1. The number of hydrogen-bond acceptors (Lipinski definition) is 7. The van der Waals surface area contributed by atoms with Gasteiger partial charge in [-0.2, -0.15) is 26.3 Å². The highest BCUT2D eigenvalue weighted by Crippen LogP contribution is 2.32. The zero-order valence-corrected chi connectivity index (χ0v) is 29.2. The number of sulfonamides is 1. The Labute approximate surface area is 300 Å². The molecule has 3 heterocycles. The molecule has 17 heteroatoms. The van der Waals surface area contributed by atoms with Crippen molar-refractivity contribution in [3.63, 3.8) is 0 Å². The minimum absolute atomic E-state index is 0.135. The van der Waals surface area contributed by atoms with Crippen LogP contribution in [0.1, 0.15) is 21.6 Å². The first-order valence-corrected chi connectivity index (χ1v) is 17.6. The molecule has 1 saturated heterocycles. The van der Waals surface area contributed by atoms with Gasteiger partial charge in [0.2, 0.25) is 5.88 Å². The Morgan fingerprint density at radius 1 is 0.849 bits per heavy atom. The molecular formula is C36H33F6N5O5S. The van der Waals surface area contributed by atoms with E-state index >= 15 is 0 Å². The topological polar surface area (TPSA) is 97.2 Å². The molecule has 1 aliphatic heterocycles. The van der Waals surface area contributed by atoms with Gasteiger partial charge in [0.25, 0.3) is 15.9 Å². The van der Waals surface area contributed by atoms with Crippen LogP contribution in [0.4, 0.5) is 32.0 Å². The number of hydrogen-bond donors (Lipinski definition) is 0. The van der Waals surface area contributed by atoms with Crippen LogP contribution in [0.15, 0.2) is 96.0 Å². The second-order valence-corrected chi connectivity index (χ2v) is 14.3. The van der Waals surface area contributed by atoms with E-state index in [1.165, 1.54) is 37.5 Å². The summed E-state index contributed by atoms with van der Waals surface area (Å²) < 4.78 is 115. The van der Waals surface area contributed by atoms with Crippen molar-refractivity contribution in [1.29, 1.82) is 0 Å². The molecule has 0 unspecified atom stereocenters. The van der Waals surface area contributed by atoms with E-state index in [9.17, 15) is 39.6 Å². The number of piperazine rings is 1. The van der Waals surface area contributed by atoms with Crippen molar-refractivity contribution in [1.82, 2.24) is 19.4 Å². The van der Waals surface area contributed by atoms with E-state index in [-0.39, 0.29) is 28.1 Å². The maximum absolute atomic E-state index is 13.6. The summed E-state index contributed by atoms with van der Waals surface area (Å²) in [4.78, 5) is 21.4. The molecule has 0 bridgehead atoms. The van der Waals surface area contributed by atoms with Crippen molar-refractivity contribution in [2.75, 3.05) is 44.1 Å². The molecular weight excluding hydrogens is 728 g/mol. The number of benzene rings is 3. The zero-order chi connectivity index (χ0) is 38.1. The average molecular weight is 762 g/mol. The molecule has 2 aromatic heterocycles. The minimum atomic E-state index is -4.60. The van der Waals surface area contributed by atoms with Crippen molar-refractivity contribution in [3.05, 3.63) is 108 Å². The molecule has 1 amide bonds. The Bertz CT molecular complexity index is 2180. The van der Waals surface area contributed by atoms with Crippen LogP contribution in [-0.2, 0) is 29.8 Å². The molecule has 0 radical (unpaired) electrons. The third-order valence-electron chi connectivity index (χ3n) is 8.77. The number of pyridine rings is 1. The number of rotatable bonds is 10. The molecule has 1 fully saturated rings. The highest BCUT2D eigenvalue weighted by Gasteiger charge is 2.32. The van der Waals surface area contributed by atoms with Gasteiger partial charge in [0.05, 0.1) is 22.3 Å². The van der Waals surface area contributed by atoms with Crippen LogP contribution in [0, 0.1) is 0 Å². The second kappa shape index (κ2) is 14.6. The summed E-state index contributed by atoms with van der Waals surface area (Å²) in [6.45, 7) is 1.44. The van der Waals surface area contributed by atoms with Crippen LogP contribution >= 0.6 is 0 Å². The van der Waals surface area contributed by atoms with Crippen molar-refractivity contribution in [2.24, 2.45) is 7.05 Å². The largest absolute Gasteiger partial charge is 0.484 e. The lowest BCUT2D eigenvalue weighted by molar-refractivity contribution is -0.153. The summed E-state index contributed by atoms with van der Waals surface area (Å²) in [5.41, 5.74) is 1.39. The average Bonchev–Trinajstić information content (AvgIpc) is 3.45. The summed E-state index contributed by atoms with van der Waals surface area (Å²) in [7, 11) is -1.11. The lowest BCUT2D eigenvalue weighted by Crippen LogP contribution is -2.48. The third-order valence-corrected chi connectivity index (χ3v) is 10.6. The van der Waals surface area contributed by atoms with Gasteiger partial charge in [-0.05, 0) is 72.3 Å². The number of halogens is 6. The van der Waals surface area contributed by atoms with E-state index in [4.69, 9.17) is 9.47 Å². The fourth-order valence-electron chi connectivity index (χ4n) is 5.83. The van der Waals surface area contributed by atoms with E-state index in [0.29, 0.717) is 56.3 Å². The summed E-state index contributed by atoms with van der Waals surface area (Å²) in [5, 5.41) is 0.744. The van der Waals surface area contributed by atoms with Gasteiger partial charge in [0, 0.05) is 63.8 Å². The smallest absolute Gasteiger partial charge is 0.422 e. The molecule has 0 saturated carbocycles. The normalized spacial score (nSPS) is 14.4. The monoisotopic (exact) mass is 761 g/mol. The molecule has 6 rings (SSSR count). The highest BCUT2D eigenvalue weighted by molar-refractivity contribution is 7.92. The molecule has 5 aromatic rings. The van der Waals surface area contributed by atoms with Crippen molar-refractivity contribution in [3.8, 4) is 17.4 Å². The number of fused-ring (bicyclic) bond motifs is 1. The van der Waals surface area contributed by atoms with Gasteiger partial charge < -0.3 is 18.9 Å². The van der Waals surface area contributed by atoms with Crippen molar-refractivity contribution >= 4 is 32.5 Å². The Morgan fingerprint density at radius 2 is 1.51 bits per heavy atom. The van der Waals surface area contributed by atoms with E-state index < -0.39 is 34.5 Å². The first-order chi connectivity index (χ1) is 25.0. The summed E-state index contributed by atoms with van der Waals surface area (Å²) in [6.07, 6.45) is -7.74. The van der Waals surface area contributed by atoms with Crippen LogP contribution in [0.5, 0.6) is 17.4 Å². The predicted molar refractivity (Wildman–Crippen MR) is 183 cm³/mol. The maximum atomic E-state index is 13.6. The summed E-state index contributed by atoms with van der Waals surface area (Å²) in [5.74, 6) is 0.582. The molecule has 3 aromatic carbocycles. The zero-order valence-electron chi connectivity index (χ0n) is 28.4. The van der Waals surface area contributed by atoms with Gasteiger partial charge in [-0.15, -0.1) is 0 Å². The van der Waals surface area contributed by atoms with E-state index in [1.807, 2.05) is 0 Å². The fourth-order valence-corrected chi connectivity index (χ4v) is 7.02. The van der Waals surface area contributed by atoms with Crippen LogP contribution in [0.25, 0.3) is 10.9 Å². The van der Waals surface area contributed by atoms with Crippen LogP contribution in [0.3, 0.4) is 0 Å². The van der Waals surface area contributed by atoms with Gasteiger partial charge in [0.15, 0.2) is 6.61 Å². The van der Waals surface area contributed by atoms with E-state index in [0.717, 1.165) is 32.9 Å². The molecule has 0 N–H and O–H groups in total. The fraction of sp³-hybridized carbons (Fsp3) is 0.278. The number of carbonyl (C=O) groups excluding carboxylic acids is 1. The number of ether oxygens (including phenoxy) is 2. The highest BCUT2D eigenvalue weighted by atomic mass is 32.2. The van der Waals surface area contributed by atoms with Gasteiger partial charge in [-0.3, -0.25) is 14.0 Å². The second-order valence-electron chi connectivity index (χ2n) is 12.4. The number of aromatic nitrogens is 2. The van der Waals surface area contributed by atoms with Crippen molar-refractivity contribution < 1.29 is 49.0 Å². The number of amides is 1. The molecule has 0 atom stereocenters. The molecule has 0 spiro atoms. The van der Waals surface area contributed by atoms with Crippen molar-refractivity contribution in [2.45, 2.75) is 23.8 Å². The molecule has 0 aliphatic carbocycles. The standard InChI is InChI=1S/C36H33F6N5O5S/c1-44-31-13-10-29(52-33-14-7-27(21-43-33)45(2)53(49,50)30-11-5-26(6-12-30)36(40,41)42)19-25(31)20-32(44)34(48)47-17-15-46(16-18-47)22-24-3-8-28(9-4-24)51-23-35(37,38)39/h3-14,19-21H,15-18,22-23H2,1-2H3. The van der Waals surface area contributed by atoms with E-state index in [1.54, 1.807) is 52.9 Å².